The van der Waals surface area contributed by atoms with Crippen molar-refractivity contribution in [2.24, 2.45) is 5.92 Å². The van der Waals surface area contributed by atoms with E-state index in [0.717, 1.165) is 15.2 Å². The first-order chi connectivity index (χ1) is 7.16. The first-order valence-corrected chi connectivity index (χ1v) is 5.55. The Labute approximate surface area is 91.4 Å². The lowest BCUT2D eigenvalue weighted by Gasteiger charge is -2.00. The second-order valence-corrected chi connectivity index (χ2v) is 4.63. The predicted octanol–water partition coefficient (Wildman–Crippen LogP) is 2.56. The molecule has 0 spiro atoms. The number of hydrogen-bond donors (Lipinski definition) is 1. The fourth-order valence-corrected chi connectivity index (χ4v) is 2.45. The average molecular weight is 221 g/mol. The highest BCUT2D eigenvalue weighted by Gasteiger charge is 2.14. The van der Waals surface area contributed by atoms with Gasteiger partial charge in [-0.05, 0) is 12.1 Å². The van der Waals surface area contributed by atoms with Crippen LogP contribution in [0.5, 0.6) is 0 Å². The topological polar surface area (TPSA) is 50.2 Å². The molecule has 0 radical (unpaired) electrons. The number of fused-ring (bicyclic) bond motifs is 1. The Morgan fingerprint density at radius 2 is 2.27 bits per heavy atom. The Morgan fingerprint density at radius 3 is 2.93 bits per heavy atom. The molecule has 1 heterocycles. The van der Waals surface area contributed by atoms with Gasteiger partial charge in [-0.1, -0.05) is 19.1 Å². The molecule has 0 unspecified atom stereocenters. The van der Waals surface area contributed by atoms with E-state index in [-0.39, 0.29) is 5.92 Å². The molecule has 4 heteroatoms. The Morgan fingerprint density at radius 1 is 1.53 bits per heavy atom. The van der Waals surface area contributed by atoms with Gasteiger partial charge in [-0.2, -0.15) is 0 Å². The van der Waals surface area contributed by atoms with Crippen molar-refractivity contribution < 1.29 is 9.90 Å². The van der Waals surface area contributed by atoms with E-state index in [1.807, 2.05) is 24.3 Å². The van der Waals surface area contributed by atoms with E-state index < -0.39 is 5.97 Å². The number of aromatic nitrogens is 1. The molecule has 0 aliphatic carbocycles. The van der Waals surface area contributed by atoms with E-state index in [2.05, 4.69) is 4.98 Å². The minimum absolute atomic E-state index is 0.370. The van der Waals surface area contributed by atoms with Gasteiger partial charge in [-0.25, -0.2) is 4.98 Å². The summed E-state index contributed by atoms with van der Waals surface area (Å²) in [7, 11) is 0. The van der Waals surface area contributed by atoms with Crippen LogP contribution in [0.1, 0.15) is 11.9 Å². The molecule has 0 amide bonds. The van der Waals surface area contributed by atoms with Crippen LogP contribution in [-0.2, 0) is 11.2 Å². The molecule has 0 aliphatic heterocycles. The number of carbonyl (C=O) groups is 1. The molecule has 2 rings (SSSR count). The van der Waals surface area contributed by atoms with E-state index in [1.54, 1.807) is 18.3 Å². The monoisotopic (exact) mass is 221 g/mol. The van der Waals surface area contributed by atoms with E-state index >= 15 is 0 Å². The number of nitrogens with zero attached hydrogens (tertiary/aromatic N) is 1. The van der Waals surface area contributed by atoms with Gasteiger partial charge in [0.15, 0.2) is 0 Å². The zero-order chi connectivity index (χ0) is 10.8. The lowest BCUT2D eigenvalue weighted by atomic mass is 10.1. The van der Waals surface area contributed by atoms with Gasteiger partial charge in [0, 0.05) is 6.42 Å². The number of rotatable bonds is 3. The normalized spacial score (nSPS) is 12.9. The second-order valence-electron chi connectivity index (χ2n) is 3.52. The van der Waals surface area contributed by atoms with Crippen LogP contribution in [-0.4, -0.2) is 16.1 Å². The first kappa shape index (κ1) is 10.1. The van der Waals surface area contributed by atoms with Gasteiger partial charge in [0.25, 0.3) is 0 Å². The second kappa shape index (κ2) is 3.98. The van der Waals surface area contributed by atoms with Crippen molar-refractivity contribution in [3.05, 3.63) is 29.3 Å². The minimum atomic E-state index is -0.769. The van der Waals surface area contributed by atoms with Crippen molar-refractivity contribution in [1.82, 2.24) is 4.98 Å². The van der Waals surface area contributed by atoms with Crippen molar-refractivity contribution in [1.29, 1.82) is 0 Å². The van der Waals surface area contributed by atoms with Crippen LogP contribution < -0.4 is 0 Å². The van der Waals surface area contributed by atoms with E-state index in [0.29, 0.717) is 6.42 Å². The lowest BCUT2D eigenvalue weighted by molar-refractivity contribution is -0.141. The molecule has 3 nitrogen and oxygen atoms in total. The van der Waals surface area contributed by atoms with Crippen molar-refractivity contribution in [3.63, 3.8) is 0 Å². The number of thiazole rings is 1. The standard InChI is InChI=1S/C11H11NO2S/c1-7(11(13)14)6-10-12-8-4-2-3-5-9(8)15-10/h2-5,7H,6H2,1H3,(H,13,14)/t7-/m1/s1. The van der Waals surface area contributed by atoms with Crippen LogP contribution in [0.2, 0.25) is 0 Å². The summed E-state index contributed by atoms with van der Waals surface area (Å²) in [6.07, 6.45) is 0.509. The average Bonchev–Trinajstić information content (AvgIpc) is 2.59. The third-order valence-corrected chi connectivity index (χ3v) is 3.30. The quantitative estimate of drug-likeness (QED) is 0.866. The summed E-state index contributed by atoms with van der Waals surface area (Å²) in [5.41, 5.74) is 0.954. The molecule has 78 valence electrons. The van der Waals surface area contributed by atoms with Gasteiger partial charge in [-0.15, -0.1) is 11.3 Å². The highest BCUT2D eigenvalue weighted by atomic mass is 32.1. The van der Waals surface area contributed by atoms with Crippen molar-refractivity contribution in [2.75, 3.05) is 0 Å². The summed E-state index contributed by atoms with van der Waals surface area (Å²) >= 11 is 1.57. The molecule has 1 aromatic heterocycles. The maximum atomic E-state index is 10.7. The summed E-state index contributed by atoms with van der Waals surface area (Å²) < 4.78 is 1.12. The lowest BCUT2D eigenvalue weighted by Crippen LogP contribution is -2.11. The molecule has 0 saturated carbocycles. The number of aliphatic carboxylic acids is 1. The van der Waals surface area contributed by atoms with Crippen LogP contribution in [0.4, 0.5) is 0 Å². The Balaban J connectivity index is 2.26. The highest BCUT2D eigenvalue weighted by Crippen LogP contribution is 2.23. The van der Waals surface area contributed by atoms with Gasteiger partial charge in [-0.3, -0.25) is 4.79 Å². The molecule has 1 atom stereocenters. The van der Waals surface area contributed by atoms with Gasteiger partial charge >= 0.3 is 5.97 Å². The summed E-state index contributed by atoms with van der Waals surface area (Å²) in [6, 6.07) is 7.85. The number of carboxylic acids is 1. The van der Waals surface area contributed by atoms with Gasteiger partial charge in [0.05, 0.1) is 21.1 Å². The summed E-state index contributed by atoms with van der Waals surface area (Å²) in [4.78, 5) is 15.1. The fourth-order valence-electron chi connectivity index (χ4n) is 1.36. The van der Waals surface area contributed by atoms with Gasteiger partial charge < -0.3 is 5.11 Å². The van der Waals surface area contributed by atoms with Crippen LogP contribution >= 0.6 is 11.3 Å². The maximum absolute atomic E-state index is 10.7. The van der Waals surface area contributed by atoms with Gasteiger partial charge in [0.1, 0.15) is 0 Å². The molecule has 0 bridgehead atoms. The van der Waals surface area contributed by atoms with Crippen molar-refractivity contribution >= 4 is 27.5 Å². The molecular formula is C11H11NO2S. The molecule has 2 aromatic rings. The van der Waals surface area contributed by atoms with Gasteiger partial charge in [0.2, 0.25) is 0 Å². The molecular weight excluding hydrogens is 210 g/mol. The first-order valence-electron chi connectivity index (χ1n) is 4.74. The fraction of sp³-hybridized carbons (Fsp3) is 0.273. The van der Waals surface area contributed by atoms with Crippen LogP contribution in [0.25, 0.3) is 10.2 Å². The number of carboxylic acid groups (broad SMARTS) is 1. The smallest absolute Gasteiger partial charge is 0.306 e. The van der Waals surface area contributed by atoms with Crippen LogP contribution in [0.15, 0.2) is 24.3 Å². The Hall–Kier alpha value is -1.42. The molecule has 1 N–H and O–H groups in total. The highest BCUT2D eigenvalue weighted by molar-refractivity contribution is 7.18. The summed E-state index contributed by atoms with van der Waals surface area (Å²) in [6.45, 7) is 1.70. The summed E-state index contributed by atoms with van der Waals surface area (Å²) in [5, 5.41) is 9.69. The third-order valence-electron chi connectivity index (χ3n) is 2.24. The predicted molar refractivity (Wildman–Crippen MR) is 60.1 cm³/mol. The van der Waals surface area contributed by atoms with E-state index in [4.69, 9.17) is 5.11 Å². The minimum Gasteiger partial charge on any atom is -0.481 e. The zero-order valence-corrected chi connectivity index (χ0v) is 9.12. The largest absolute Gasteiger partial charge is 0.481 e. The molecule has 15 heavy (non-hydrogen) atoms. The summed E-state index contributed by atoms with van der Waals surface area (Å²) in [5.74, 6) is -1.14. The van der Waals surface area contributed by atoms with Crippen LogP contribution in [0, 0.1) is 5.92 Å². The maximum Gasteiger partial charge on any atom is 0.306 e. The SMILES string of the molecule is C[C@H](Cc1nc2ccccc2s1)C(=O)O. The number of hydrogen-bond acceptors (Lipinski definition) is 3. The van der Waals surface area contributed by atoms with Crippen molar-refractivity contribution in [3.8, 4) is 0 Å². The third kappa shape index (κ3) is 2.15. The van der Waals surface area contributed by atoms with E-state index in [9.17, 15) is 4.79 Å². The van der Waals surface area contributed by atoms with E-state index in [1.165, 1.54) is 0 Å². The molecule has 0 saturated heterocycles. The molecule has 0 aliphatic rings. The number of para-hydroxylation sites is 1. The molecule has 1 aromatic carbocycles. The Kier molecular flexibility index (Phi) is 2.68. The zero-order valence-electron chi connectivity index (χ0n) is 8.30. The molecule has 0 fully saturated rings. The number of benzene rings is 1. The Bertz CT molecular complexity index is 459. The van der Waals surface area contributed by atoms with Crippen molar-refractivity contribution in [2.45, 2.75) is 13.3 Å². The van der Waals surface area contributed by atoms with Crippen LogP contribution in [0.3, 0.4) is 0 Å².